The van der Waals surface area contributed by atoms with Crippen molar-refractivity contribution < 1.29 is 4.74 Å². The van der Waals surface area contributed by atoms with E-state index >= 15 is 0 Å². The number of morpholine rings is 1. The van der Waals surface area contributed by atoms with E-state index in [1.165, 1.54) is 0 Å². The Labute approximate surface area is 145 Å². The Morgan fingerprint density at radius 1 is 1.43 bits per heavy atom. The van der Waals surface area contributed by atoms with Gasteiger partial charge in [0.25, 0.3) is 0 Å². The van der Waals surface area contributed by atoms with E-state index in [0.29, 0.717) is 0 Å². The number of nitrogens with zero attached hydrogens (tertiary/aromatic N) is 4. The van der Waals surface area contributed by atoms with Gasteiger partial charge in [0, 0.05) is 18.1 Å². The third-order valence-electron chi connectivity index (χ3n) is 4.20. The van der Waals surface area contributed by atoms with Gasteiger partial charge in [0.2, 0.25) is 0 Å². The third-order valence-corrected chi connectivity index (χ3v) is 5.09. The SMILES string of the molecule is CC1(C)COCCN1c1nc(C2NNC3=CN=CCN32)cs1.Cl. The number of halogens is 1. The average molecular weight is 357 g/mol. The Bertz CT molecular complexity index is 631. The van der Waals surface area contributed by atoms with Gasteiger partial charge in [0.15, 0.2) is 5.13 Å². The number of hydrogen-bond donors (Lipinski definition) is 2. The Balaban J connectivity index is 0.00000156. The van der Waals surface area contributed by atoms with Gasteiger partial charge in [0.1, 0.15) is 12.0 Å². The normalized spacial score (nSPS) is 25.5. The predicted molar refractivity (Wildman–Crippen MR) is 93.9 cm³/mol. The smallest absolute Gasteiger partial charge is 0.186 e. The van der Waals surface area contributed by atoms with Gasteiger partial charge in [0.05, 0.1) is 37.2 Å². The third kappa shape index (κ3) is 2.91. The van der Waals surface area contributed by atoms with Crippen LogP contribution in [0.3, 0.4) is 0 Å². The molecule has 0 aromatic carbocycles. The molecule has 2 fully saturated rings. The molecule has 23 heavy (non-hydrogen) atoms. The highest BCUT2D eigenvalue weighted by Crippen LogP contribution is 2.33. The summed E-state index contributed by atoms with van der Waals surface area (Å²) in [4.78, 5) is 13.6. The van der Waals surface area contributed by atoms with E-state index in [1.807, 2.05) is 12.4 Å². The van der Waals surface area contributed by atoms with Gasteiger partial charge in [-0.05, 0) is 13.8 Å². The summed E-state index contributed by atoms with van der Waals surface area (Å²) in [5, 5.41) is 3.20. The van der Waals surface area contributed by atoms with Crippen LogP contribution < -0.4 is 15.8 Å². The predicted octanol–water partition coefficient (Wildman–Crippen LogP) is 1.47. The van der Waals surface area contributed by atoms with Gasteiger partial charge in [-0.1, -0.05) is 0 Å². The van der Waals surface area contributed by atoms with E-state index in [2.05, 4.69) is 44.9 Å². The molecular formula is C14H21ClN6OS. The lowest BCUT2D eigenvalue weighted by atomic mass is 10.0. The van der Waals surface area contributed by atoms with Gasteiger partial charge in [-0.3, -0.25) is 4.99 Å². The number of hydrazine groups is 1. The van der Waals surface area contributed by atoms with Crippen LogP contribution in [0.1, 0.15) is 25.7 Å². The zero-order chi connectivity index (χ0) is 15.2. The fourth-order valence-electron chi connectivity index (χ4n) is 2.97. The van der Waals surface area contributed by atoms with Crippen LogP contribution in [-0.2, 0) is 4.74 Å². The highest BCUT2D eigenvalue weighted by Gasteiger charge is 2.35. The Morgan fingerprint density at radius 3 is 3.13 bits per heavy atom. The zero-order valence-corrected chi connectivity index (χ0v) is 14.8. The van der Waals surface area contributed by atoms with Crippen LogP contribution in [0.5, 0.6) is 0 Å². The van der Waals surface area contributed by atoms with Gasteiger partial charge >= 0.3 is 0 Å². The topological polar surface area (TPSA) is 65.0 Å². The van der Waals surface area contributed by atoms with Crippen molar-refractivity contribution in [1.82, 2.24) is 20.7 Å². The van der Waals surface area contributed by atoms with E-state index < -0.39 is 0 Å². The number of hydrogen-bond acceptors (Lipinski definition) is 8. The van der Waals surface area contributed by atoms with Crippen molar-refractivity contribution in [1.29, 1.82) is 0 Å². The maximum Gasteiger partial charge on any atom is 0.186 e. The molecular weight excluding hydrogens is 336 g/mol. The number of ether oxygens (including phenoxy) is 1. The van der Waals surface area contributed by atoms with Gasteiger partial charge < -0.3 is 20.0 Å². The average Bonchev–Trinajstić information content (AvgIpc) is 3.12. The first-order chi connectivity index (χ1) is 10.6. The molecule has 9 heteroatoms. The largest absolute Gasteiger partial charge is 0.377 e. The maximum atomic E-state index is 5.60. The molecule has 0 aliphatic carbocycles. The molecule has 126 valence electrons. The summed E-state index contributed by atoms with van der Waals surface area (Å²) in [6.07, 6.45) is 3.78. The maximum absolute atomic E-state index is 5.60. The van der Waals surface area contributed by atoms with Crippen LogP contribution in [0.15, 0.2) is 22.4 Å². The molecule has 1 unspecified atom stereocenters. The number of aliphatic imine (C=N–C) groups is 1. The van der Waals surface area contributed by atoms with Crippen LogP contribution in [0.25, 0.3) is 0 Å². The van der Waals surface area contributed by atoms with Crippen molar-refractivity contribution >= 4 is 35.1 Å². The van der Waals surface area contributed by atoms with Crippen molar-refractivity contribution in [3.05, 3.63) is 23.1 Å². The monoisotopic (exact) mass is 356 g/mol. The summed E-state index contributed by atoms with van der Waals surface area (Å²) in [6, 6.07) is 0. The second-order valence-corrected chi connectivity index (χ2v) is 7.08. The lowest BCUT2D eigenvalue weighted by Gasteiger charge is -2.42. The summed E-state index contributed by atoms with van der Waals surface area (Å²) in [5.41, 5.74) is 7.47. The number of thiazole rings is 1. The first kappa shape index (κ1) is 16.5. The highest BCUT2D eigenvalue weighted by atomic mass is 35.5. The first-order valence-corrected chi connectivity index (χ1v) is 8.34. The van der Waals surface area contributed by atoms with E-state index in [1.54, 1.807) is 11.3 Å². The molecule has 2 N–H and O–H groups in total. The lowest BCUT2D eigenvalue weighted by Crippen LogP contribution is -2.53. The van der Waals surface area contributed by atoms with Crippen LogP contribution in [0.2, 0.25) is 0 Å². The number of rotatable bonds is 2. The van der Waals surface area contributed by atoms with Gasteiger partial charge in [-0.2, -0.15) is 0 Å². The summed E-state index contributed by atoms with van der Waals surface area (Å²) in [5.74, 6) is 0.994. The van der Waals surface area contributed by atoms with E-state index in [0.717, 1.165) is 42.9 Å². The quantitative estimate of drug-likeness (QED) is 0.836. The molecule has 1 atom stereocenters. The van der Waals surface area contributed by atoms with Crippen molar-refractivity contribution in [3.8, 4) is 0 Å². The zero-order valence-electron chi connectivity index (χ0n) is 13.2. The molecule has 0 amide bonds. The number of anilines is 1. The minimum Gasteiger partial charge on any atom is -0.377 e. The van der Waals surface area contributed by atoms with Crippen molar-refractivity contribution in [3.63, 3.8) is 0 Å². The minimum absolute atomic E-state index is 0. The number of fused-ring (bicyclic) bond motifs is 1. The number of aromatic nitrogens is 1. The molecule has 0 spiro atoms. The molecule has 4 heterocycles. The van der Waals surface area contributed by atoms with Crippen LogP contribution in [-0.4, -0.2) is 47.9 Å². The van der Waals surface area contributed by atoms with E-state index in [-0.39, 0.29) is 24.1 Å². The second-order valence-electron chi connectivity index (χ2n) is 6.24. The van der Waals surface area contributed by atoms with Crippen LogP contribution >= 0.6 is 23.7 Å². The summed E-state index contributed by atoms with van der Waals surface area (Å²) < 4.78 is 5.60. The molecule has 3 aliphatic heterocycles. The standard InChI is InChI=1S/C14H20N6OS.ClH/c1-14(2)9-21-6-5-20(14)13-16-10(8-22-13)12-18-17-11-7-15-3-4-19(11)12;/h3,7-8,12,17-18H,4-6,9H2,1-2H3;1H. The molecule has 0 saturated carbocycles. The first-order valence-electron chi connectivity index (χ1n) is 7.46. The van der Waals surface area contributed by atoms with Crippen LogP contribution in [0, 0.1) is 0 Å². The van der Waals surface area contributed by atoms with Crippen LogP contribution in [0.4, 0.5) is 5.13 Å². The van der Waals surface area contributed by atoms with E-state index in [4.69, 9.17) is 9.72 Å². The molecule has 1 aromatic heterocycles. The number of nitrogens with one attached hydrogen (secondary N) is 2. The Morgan fingerprint density at radius 2 is 2.30 bits per heavy atom. The second kappa shape index (κ2) is 6.27. The van der Waals surface area contributed by atoms with Gasteiger partial charge in [-0.25, -0.2) is 10.4 Å². The van der Waals surface area contributed by atoms with Crippen molar-refractivity contribution in [2.45, 2.75) is 25.6 Å². The van der Waals surface area contributed by atoms with Crippen molar-refractivity contribution in [2.75, 3.05) is 31.2 Å². The molecule has 1 aromatic rings. The molecule has 3 aliphatic rings. The van der Waals surface area contributed by atoms with E-state index in [9.17, 15) is 0 Å². The molecule has 2 saturated heterocycles. The summed E-state index contributed by atoms with van der Waals surface area (Å²) in [7, 11) is 0. The molecule has 0 radical (unpaired) electrons. The highest BCUT2D eigenvalue weighted by molar-refractivity contribution is 7.13. The molecule has 0 bridgehead atoms. The Kier molecular flexibility index (Phi) is 4.50. The Hall–Kier alpha value is -1.35. The molecule has 7 nitrogen and oxygen atoms in total. The van der Waals surface area contributed by atoms with Gasteiger partial charge in [-0.15, -0.1) is 23.7 Å². The molecule has 4 rings (SSSR count). The fraction of sp³-hybridized carbons (Fsp3) is 0.571. The summed E-state index contributed by atoms with van der Waals surface area (Å²) >= 11 is 1.70. The van der Waals surface area contributed by atoms with Crippen molar-refractivity contribution in [2.24, 2.45) is 4.99 Å². The fourth-order valence-corrected chi connectivity index (χ4v) is 4.00. The lowest BCUT2D eigenvalue weighted by molar-refractivity contribution is 0.0643. The minimum atomic E-state index is -0.0163. The summed E-state index contributed by atoms with van der Waals surface area (Å²) in [6.45, 7) is 7.57.